The van der Waals surface area contributed by atoms with Gasteiger partial charge in [-0.05, 0) is 18.2 Å². The molecule has 0 atom stereocenters. The molecule has 0 unspecified atom stereocenters. The molecule has 6 heteroatoms. The lowest BCUT2D eigenvalue weighted by Crippen LogP contribution is -1.95. The maximum Gasteiger partial charge on any atom is 0.323 e. The van der Waals surface area contributed by atoms with Crippen molar-refractivity contribution in [2.24, 2.45) is 0 Å². The molecule has 0 fully saturated rings. The maximum absolute atomic E-state index is 5.53. The first-order chi connectivity index (χ1) is 8.31. The van der Waals surface area contributed by atoms with Gasteiger partial charge in [0.1, 0.15) is 11.6 Å². The number of fused-ring (bicyclic) bond motifs is 1. The number of hydrogen-bond donors (Lipinski definition) is 1. The molecule has 1 aliphatic heterocycles. The van der Waals surface area contributed by atoms with Gasteiger partial charge in [-0.25, -0.2) is 4.98 Å². The largest absolute Gasteiger partial charge is 0.454 e. The van der Waals surface area contributed by atoms with Crippen LogP contribution in [0.15, 0.2) is 30.5 Å². The van der Waals surface area contributed by atoms with E-state index in [0.717, 1.165) is 0 Å². The summed E-state index contributed by atoms with van der Waals surface area (Å²) in [6, 6.07) is 7.02. The summed E-state index contributed by atoms with van der Waals surface area (Å²) < 4.78 is 15.9. The van der Waals surface area contributed by atoms with Gasteiger partial charge >= 0.3 is 6.01 Å². The number of nitrogens with two attached hydrogens (primary N) is 1. The van der Waals surface area contributed by atoms with Crippen LogP contribution in [0.1, 0.15) is 0 Å². The van der Waals surface area contributed by atoms with Crippen molar-refractivity contribution >= 4 is 5.82 Å². The number of hydrogen-bond acceptors (Lipinski definition) is 6. The number of rotatable bonds is 2. The van der Waals surface area contributed by atoms with E-state index in [1.807, 2.05) is 0 Å². The highest BCUT2D eigenvalue weighted by atomic mass is 16.7. The van der Waals surface area contributed by atoms with Gasteiger partial charge in [-0.15, -0.1) is 0 Å². The molecule has 1 aromatic carbocycles. The summed E-state index contributed by atoms with van der Waals surface area (Å²) in [6.45, 7) is 0.230. The summed E-state index contributed by atoms with van der Waals surface area (Å²) in [6.07, 6.45) is 1.53. The van der Waals surface area contributed by atoms with E-state index in [1.54, 1.807) is 24.3 Å². The molecule has 0 aliphatic carbocycles. The van der Waals surface area contributed by atoms with E-state index < -0.39 is 0 Å². The molecular weight excluding hydrogens is 222 g/mol. The van der Waals surface area contributed by atoms with Crippen LogP contribution in [0.5, 0.6) is 23.3 Å². The molecule has 1 aromatic heterocycles. The van der Waals surface area contributed by atoms with E-state index in [9.17, 15) is 0 Å². The Hall–Kier alpha value is -2.50. The molecule has 2 aromatic rings. The Balaban J connectivity index is 1.86. The number of anilines is 1. The van der Waals surface area contributed by atoms with Crippen LogP contribution in [0.2, 0.25) is 0 Å². The SMILES string of the molecule is Nc1ccnc(Oc2ccc3c(c2)OCO3)n1. The Kier molecular flexibility index (Phi) is 2.18. The first-order valence-electron chi connectivity index (χ1n) is 4.97. The topological polar surface area (TPSA) is 79.5 Å². The van der Waals surface area contributed by atoms with Crippen molar-refractivity contribution in [1.29, 1.82) is 0 Å². The summed E-state index contributed by atoms with van der Waals surface area (Å²) in [5, 5.41) is 0. The molecule has 0 saturated heterocycles. The summed E-state index contributed by atoms with van der Waals surface area (Å²) in [4.78, 5) is 7.88. The molecule has 0 spiro atoms. The number of benzene rings is 1. The third-order valence-electron chi connectivity index (χ3n) is 2.21. The Bertz CT molecular complexity index is 559. The fourth-order valence-corrected chi connectivity index (χ4v) is 1.45. The molecule has 17 heavy (non-hydrogen) atoms. The average Bonchev–Trinajstić information content (AvgIpc) is 2.76. The fourth-order valence-electron chi connectivity index (χ4n) is 1.45. The second-order valence-electron chi connectivity index (χ2n) is 3.38. The zero-order valence-corrected chi connectivity index (χ0v) is 8.79. The van der Waals surface area contributed by atoms with Gasteiger partial charge in [0.25, 0.3) is 0 Å². The van der Waals surface area contributed by atoms with Gasteiger partial charge in [-0.1, -0.05) is 0 Å². The first kappa shape index (κ1) is 9.71. The average molecular weight is 231 g/mol. The van der Waals surface area contributed by atoms with E-state index in [0.29, 0.717) is 23.1 Å². The minimum absolute atomic E-state index is 0.198. The van der Waals surface area contributed by atoms with E-state index >= 15 is 0 Å². The standard InChI is InChI=1S/C11H9N3O3/c12-10-3-4-13-11(14-10)17-7-1-2-8-9(5-7)16-6-15-8/h1-5H,6H2,(H2,12,13,14). The van der Waals surface area contributed by atoms with Gasteiger partial charge in [-0.3, -0.25) is 0 Å². The number of aromatic nitrogens is 2. The summed E-state index contributed by atoms with van der Waals surface area (Å²) in [7, 11) is 0. The molecule has 86 valence electrons. The quantitative estimate of drug-likeness (QED) is 0.845. The molecule has 0 bridgehead atoms. The number of nitrogen functional groups attached to an aromatic ring is 1. The van der Waals surface area contributed by atoms with Crippen molar-refractivity contribution in [2.75, 3.05) is 12.5 Å². The van der Waals surface area contributed by atoms with Crippen LogP contribution in [0.25, 0.3) is 0 Å². The highest BCUT2D eigenvalue weighted by Gasteiger charge is 2.14. The molecule has 0 radical (unpaired) electrons. The van der Waals surface area contributed by atoms with Crippen LogP contribution in [0, 0.1) is 0 Å². The van der Waals surface area contributed by atoms with Gasteiger partial charge in [0.15, 0.2) is 11.5 Å². The normalized spacial score (nSPS) is 12.5. The minimum Gasteiger partial charge on any atom is -0.454 e. The van der Waals surface area contributed by atoms with Gasteiger partial charge in [-0.2, -0.15) is 4.98 Å². The lowest BCUT2D eigenvalue weighted by atomic mass is 10.3. The predicted molar refractivity (Wildman–Crippen MR) is 59.1 cm³/mol. The second-order valence-corrected chi connectivity index (χ2v) is 3.38. The zero-order chi connectivity index (χ0) is 11.7. The van der Waals surface area contributed by atoms with E-state index in [4.69, 9.17) is 19.9 Å². The highest BCUT2D eigenvalue weighted by molar-refractivity contribution is 5.47. The van der Waals surface area contributed by atoms with Crippen LogP contribution in [0.4, 0.5) is 5.82 Å². The van der Waals surface area contributed by atoms with Crippen LogP contribution < -0.4 is 19.9 Å². The predicted octanol–water partition coefficient (Wildman–Crippen LogP) is 1.58. The first-order valence-corrected chi connectivity index (χ1v) is 4.97. The van der Waals surface area contributed by atoms with E-state index in [2.05, 4.69) is 9.97 Å². The van der Waals surface area contributed by atoms with Gasteiger partial charge in [0, 0.05) is 12.3 Å². The Morgan fingerprint density at radius 2 is 2.06 bits per heavy atom. The van der Waals surface area contributed by atoms with Crippen molar-refractivity contribution in [2.45, 2.75) is 0 Å². The third kappa shape index (κ3) is 1.92. The van der Waals surface area contributed by atoms with E-state index in [-0.39, 0.29) is 12.8 Å². The Morgan fingerprint density at radius 1 is 1.18 bits per heavy atom. The van der Waals surface area contributed by atoms with Crippen LogP contribution in [0.3, 0.4) is 0 Å². The molecule has 3 rings (SSSR count). The van der Waals surface area contributed by atoms with Crippen molar-refractivity contribution < 1.29 is 14.2 Å². The van der Waals surface area contributed by atoms with Gasteiger partial charge in [0.05, 0.1) is 0 Å². The van der Waals surface area contributed by atoms with Crippen molar-refractivity contribution in [1.82, 2.24) is 9.97 Å². The summed E-state index contributed by atoms with van der Waals surface area (Å²) >= 11 is 0. The van der Waals surface area contributed by atoms with Crippen LogP contribution in [-0.4, -0.2) is 16.8 Å². The zero-order valence-electron chi connectivity index (χ0n) is 8.79. The molecular formula is C11H9N3O3. The lowest BCUT2D eigenvalue weighted by molar-refractivity contribution is 0.174. The monoisotopic (exact) mass is 231 g/mol. The van der Waals surface area contributed by atoms with Crippen molar-refractivity contribution in [3.63, 3.8) is 0 Å². The molecule has 6 nitrogen and oxygen atoms in total. The summed E-state index contributed by atoms with van der Waals surface area (Å²) in [5.41, 5.74) is 5.53. The molecule has 2 N–H and O–H groups in total. The molecule has 2 heterocycles. The number of nitrogens with zero attached hydrogens (tertiary/aromatic N) is 2. The lowest BCUT2D eigenvalue weighted by Gasteiger charge is -2.04. The minimum atomic E-state index is 0.198. The Labute approximate surface area is 97.0 Å². The molecule has 1 aliphatic rings. The second kappa shape index (κ2) is 3.82. The van der Waals surface area contributed by atoms with Crippen LogP contribution in [-0.2, 0) is 0 Å². The highest BCUT2D eigenvalue weighted by Crippen LogP contribution is 2.35. The Morgan fingerprint density at radius 3 is 2.94 bits per heavy atom. The smallest absolute Gasteiger partial charge is 0.323 e. The fraction of sp³-hybridized carbons (Fsp3) is 0.0909. The molecule has 0 saturated carbocycles. The van der Waals surface area contributed by atoms with Crippen molar-refractivity contribution in [3.8, 4) is 23.3 Å². The molecule has 0 amide bonds. The van der Waals surface area contributed by atoms with Gasteiger partial charge < -0.3 is 19.9 Å². The van der Waals surface area contributed by atoms with Crippen LogP contribution >= 0.6 is 0 Å². The van der Waals surface area contributed by atoms with Gasteiger partial charge in [0.2, 0.25) is 6.79 Å². The van der Waals surface area contributed by atoms with Crippen molar-refractivity contribution in [3.05, 3.63) is 30.5 Å². The number of ether oxygens (including phenoxy) is 3. The third-order valence-corrected chi connectivity index (χ3v) is 2.21. The van der Waals surface area contributed by atoms with E-state index in [1.165, 1.54) is 6.20 Å². The summed E-state index contributed by atoms with van der Waals surface area (Å²) in [5.74, 6) is 2.27. The maximum atomic E-state index is 5.53.